The molecule has 20 heavy (non-hydrogen) atoms. The van der Waals surface area contributed by atoms with Crippen LogP contribution in [0.1, 0.15) is 12.6 Å². The molecule has 0 aliphatic carbocycles. The number of rotatable bonds is 6. The van der Waals surface area contributed by atoms with Gasteiger partial charge >= 0.3 is 0 Å². The molecule has 6 heteroatoms. The Morgan fingerprint density at radius 2 is 2.25 bits per heavy atom. The predicted octanol–water partition coefficient (Wildman–Crippen LogP) is 2.26. The number of hydrogen-bond donors (Lipinski definition) is 2. The Morgan fingerprint density at radius 1 is 1.45 bits per heavy atom. The van der Waals surface area contributed by atoms with E-state index in [2.05, 4.69) is 15.6 Å². The van der Waals surface area contributed by atoms with Crippen molar-refractivity contribution in [3.63, 3.8) is 0 Å². The van der Waals surface area contributed by atoms with Crippen molar-refractivity contribution in [3.05, 3.63) is 42.6 Å². The molecule has 0 bridgehead atoms. The average molecular weight is 275 g/mol. The number of anilines is 2. The molecule has 1 amide bonds. The van der Waals surface area contributed by atoms with Gasteiger partial charge in [0, 0.05) is 18.5 Å². The summed E-state index contributed by atoms with van der Waals surface area (Å²) >= 11 is 0. The Kier molecular flexibility index (Phi) is 4.73. The molecule has 6 nitrogen and oxygen atoms in total. The van der Waals surface area contributed by atoms with Gasteiger partial charge in [0.2, 0.25) is 0 Å². The van der Waals surface area contributed by atoms with E-state index in [9.17, 15) is 4.79 Å². The topological polar surface area (TPSA) is 76.4 Å². The maximum atomic E-state index is 11.7. The van der Waals surface area contributed by atoms with Crippen molar-refractivity contribution in [3.8, 4) is 0 Å². The van der Waals surface area contributed by atoms with Gasteiger partial charge in [0.15, 0.2) is 6.39 Å². The lowest BCUT2D eigenvalue weighted by atomic mass is 10.2. The predicted molar refractivity (Wildman–Crippen MR) is 75.4 cm³/mol. The maximum absolute atomic E-state index is 11.7. The molecule has 1 aromatic carbocycles. The van der Waals surface area contributed by atoms with Crippen LogP contribution in [0.4, 0.5) is 11.4 Å². The van der Waals surface area contributed by atoms with Gasteiger partial charge in [-0.15, -0.1) is 0 Å². The molecular formula is C14H17N3O3. The summed E-state index contributed by atoms with van der Waals surface area (Å²) in [7, 11) is 1.50. The molecule has 0 spiro atoms. The van der Waals surface area contributed by atoms with Gasteiger partial charge in [-0.05, 0) is 25.1 Å². The van der Waals surface area contributed by atoms with Gasteiger partial charge in [0.25, 0.3) is 5.91 Å². The molecule has 2 aromatic rings. The third kappa shape index (κ3) is 3.83. The highest BCUT2D eigenvalue weighted by molar-refractivity contribution is 5.94. The zero-order valence-electron chi connectivity index (χ0n) is 11.4. The number of aromatic nitrogens is 1. The summed E-state index contributed by atoms with van der Waals surface area (Å²) in [6.45, 7) is 2.25. The summed E-state index contributed by atoms with van der Waals surface area (Å²) in [4.78, 5) is 15.7. The number of methoxy groups -OCH3 is 1. The first-order chi connectivity index (χ1) is 9.69. The number of hydrogen-bond acceptors (Lipinski definition) is 5. The van der Waals surface area contributed by atoms with Crippen LogP contribution >= 0.6 is 0 Å². The van der Waals surface area contributed by atoms with Crippen molar-refractivity contribution in [1.82, 2.24) is 4.98 Å². The molecule has 2 N–H and O–H groups in total. The second-order valence-electron chi connectivity index (χ2n) is 4.28. The average Bonchev–Trinajstić information content (AvgIpc) is 2.98. The summed E-state index contributed by atoms with van der Waals surface area (Å²) < 4.78 is 9.86. The number of carbonyl (C=O) groups excluding carboxylic acids is 1. The molecule has 0 saturated carbocycles. The summed E-state index contributed by atoms with van der Waals surface area (Å²) in [5.41, 5.74) is 2.41. The van der Waals surface area contributed by atoms with Crippen LogP contribution in [0.25, 0.3) is 0 Å². The Bertz CT molecular complexity index is 555. The molecule has 0 radical (unpaired) electrons. The van der Waals surface area contributed by atoms with E-state index in [4.69, 9.17) is 9.15 Å². The van der Waals surface area contributed by atoms with Crippen LogP contribution in [-0.2, 0) is 16.1 Å². The minimum atomic E-state index is -0.484. The van der Waals surface area contributed by atoms with Gasteiger partial charge in [-0.3, -0.25) is 4.79 Å². The second-order valence-corrected chi connectivity index (χ2v) is 4.28. The first-order valence-corrected chi connectivity index (χ1v) is 6.23. The molecule has 2 rings (SSSR count). The van der Waals surface area contributed by atoms with Gasteiger partial charge < -0.3 is 19.8 Å². The molecule has 1 heterocycles. The van der Waals surface area contributed by atoms with Gasteiger partial charge in [-0.2, -0.15) is 0 Å². The first kappa shape index (κ1) is 14.1. The van der Waals surface area contributed by atoms with Crippen LogP contribution < -0.4 is 10.6 Å². The molecule has 0 aliphatic rings. The minimum absolute atomic E-state index is 0.179. The van der Waals surface area contributed by atoms with E-state index in [1.807, 2.05) is 24.3 Å². The van der Waals surface area contributed by atoms with Gasteiger partial charge in [0.05, 0.1) is 12.2 Å². The van der Waals surface area contributed by atoms with Gasteiger partial charge in [-0.25, -0.2) is 4.98 Å². The smallest absolute Gasteiger partial charge is 0.253 e. The van der Waals surface area contributed by atoms with Gasteiger partial charge in [0.1, 0.15) is 12.4 Å². The normalized spacial score (nSPS) is 11.9. The third-order valence-electron chi connectivity index (χ3n) is 2.81. The van der Waals surface area contributed by atoms with Gasteiger partial charge in [-0.1, -0.05) is 6.07 Å². The van der Waals surface area contributed by atoms with E-state index >= 15 is 0 Å². The molecule has 106 valence electrons. The van der Waals surface area contributed by atoms with Crippen LogP contribution in [0, 0.1) is 0 Å². The highest BCUT2D eigenvalue weighted by Gasteiger charge is 2.11. The van der Waals surface area contributed by atoms with E-state index in [-0.39, 0.29) is 5.91 Å². The summed E-state index contributed by atoms with van der Waals surface area (Å²) in [6.07, 6.45) is 2.49. The monoisotopic (exact) mass is 275 g/mol. The standard InChI is InChI=1S/C14H17N3O3/c1-10(19-2)14(18)17-12-5-3-4-11(6-12)15-7-13-8-20-9-16-13/h3-6,8-10,15H,7H2,1-2H3,(H,17,18). The van der Waals surface area contributed by atoms with Crippen LogP contribution in [0.3, 0.4) is 0 Å². The summed E-state index contributed by atoms with van der Waals surface area (Å²) in [5.74, 6) is -0.179. The Labute approximate surface area is 117 Å². The van der Waals surface area contributed by atoms with Crippen LogP contribution in [0.15, 0.2) is 41.3 Å². The lowest BCUT2D eigenvalue weighted by Gasteiger charge is -2.11. The molecular weight excluding hydrogens is 258 g/mol. The zero-order chi connectivity index (χ0) is 14.4. The van der Waals surface area contributed by atoms with E-state index in [0.29, 0.717) is 12.2 Å². The fraction of sp³-hybridized carbons (Fsp3) is 0.286. The quantitative estimate of drug-likeness (QED) is 0.845. The fourth-order valence-electron chi connectivity index (χ4n) is 1.58. The second kappa shape index (κ2) is 6.72. The molecule has 1 atom stereocenters. The Hall–Kier alpha value is -2.34. The summed E-state index contributed by atoms with van der Waals surface area (Å²) in [6, 6.07) is 7.44. The molecule has 0 fully saturated rings. The van der Waals surface area contributed by atoms with Crippen LogP contribution in [0.5, 0.6) is 0 Å². The van der Waals surface area contributed by atoms with Crippen molar-refractivity contribution in [2.45, 2.75) is 19.6 Å². The zero-order valence-corrected chi connectivity index (χ0v) is 11.4. The van der Waals surface area contributed by atoms with Crippen molar-refractivity contribution in [1.29, 1.82) is 0 Å². The SMILES string of the molecule is COC(C)C(=O)Nc1cccc(NCc2cocn2)c1. The number of oxazole rings is 1. The first-order valence-electron chi connectivity index (χ1n) is 6.23. The van der Waals surface area contributed by atoms with E-state index in [1.165, 1.54) is 13.5 Å². The number of nitrogens with one attached hydrogen (secondary N) is 2. The highest BCUT2D eigenvalue weighted by atomic mass is 16.5. The largest absolute Gasteiger partial charge is 0.451 e. The lowest BCUT2D eigenvalue weighted by Crippen LogP contribution is -2.26. The van der Waals surface area contributed by atoms with Crippen molar-refractivity contribution >= 4 is 17.3 Å². The van der Waals surface area contributed by atoms with E-state index in [1.54, 1.807) is 13.2 Å². The number of ether oxygens (including phenoxy) is 1. The Morgan fingerprint density at radius 3 is 2.95 bits per heavy atom. The van der Waals surface area contributed by atoms with Crippen molar-refractivity contribution < 1.29 is 13.9 Å². The van der Waals surface area contributed by atoms with E-state index in [0.717, 1.165) is 11.4 Å². The number of nitrogens with zero attached hydrogens (tertiary/aromatic N) is 1. The molecule has 1 aromatic heterocycles. The molecule has 1 unspecified atom stereocenters. The number of benzene rings is 1. The van der Waals surface area contributed by atoms with E-state index < -0.39 is 6.10 Å². The lowest BCUT2D eigenvalue weighted by molar-refractivity contribution is -0.124. The maximum Gasteiger partial charge on any atom is 0.253 e. The third-order valence-corrected chi connectivity index (χ3v) is 2.81. The molecule has 0 saturated heterocycles. The Balaban J connectivity index is 1.95. The minimum Gasteiger partial charge on any atom is -0.451 e. The summed E-state index contributed by atoms with van der Waals surface area (Å²) in [5, 5.41) is 5.99. The number of amides is 1. The van der Waals surface area contributed by atoms with Crippen LogP contribution in [0.2, 0.25) is 0 Å². The van der Waals surface area contributed by atoms with Crippen molar-refractivity contribution in [2.75, 3.05) is 17.7 Å². The number of carbonyl (C=O) groups is 1. The highest BCUT2D eigenvalue weighted by Crippen LogP contribution is 2.16. The van der Waals surface area contributed by atoms with Crippen LogP contribution in [-0.4, -0.2) is 24.1 Å². The van der Waals surface area contributed by atoms with Crippen molar-refractivity contribution in [2.24, 2.45) is 0 Å². The molecule has 0 aliphatic heterocycles. The fourth-order valence-corrected chi connectivity index (χ4v) is 1.58.